The fourth-order valence-corrected chi connectivity index (χ4v) is 3.93. The summed E-state index contributed by atoms with van der Waals surface area (Å²) >= 11 is 8.79. The number of benzene rings is 2. The van der Waals surface area contributed by atoms with Gasteiger partial charge in [0.25, 0.3) is 5.91 Å². The first kappa shape index (κ1) is 18.4. The normalized spacial score (nSPS) is 11.8. The number of aliphatic carboxylic acids is 1. The zero-order chi connectivity index (χ0) is 17.0. The number of rotatable bonds is 5. The van der Waals surface area contributed by atoms with Crippen molar-refractivity contribution in [2.24, 2.45) is 0 Å². The highest BCUT2D eigenvalue weighted by atomic mass is 127. The molecule has 0 aliphatic carbocycles. The van der Waals surface area contributed by atoms with Gasteiger partial charge in [-0.3, -0.25) is 4.79 Å². The molecule has 0 unspecified atom stereocenters. The average molecular weight is 553 g/mol. The Kier molecular flexibility index (Phi) is 6.60. The summed E-state index contributed by atoms with van der Waals surface area (Å²) in [6.45, 7) is 0. The van der Waals surface area contributed by atoms with Gasteiger partial charge in [0.1, 0.15) is 6.04 Å². The molecule has 120 valence electrons. The van der Waals surface area contributed by atoms with E-state index in [1.807, 2.05) is 24.3 Å². The highest BCUT2D eigenvalue weighted by molar-refractivity contribution is 14.1. The van der Waals surface area contributed by atoms with Gasteiger partial charge in [0.2, 0.25) is 0 Å². The zero-order valence-electron chi connectivity index (χ0n) is 11.7. The summed E-state index contributed by atoms with van der Waals surface area (Å²) < 4.78 is 2.49. The molecule has 0 saturated carbocycles. The third-order valence-electron chi connectivity index (χ3n) is 3.06. The highest BCUT2D eigenvalue weighted by Crippen LogP contribution is 2.20. The molecule has 0 bridgehead atoms. The van der Waals surface area contributed by atoms with E-state index in [-0.39, 0.29) is 6.42 Å². The molecule has 0 aromatic heterocycles. The van der Waals surface area contributed by atoms with E-state index in [9.17, 15) is 14.7 Å². The molecular formula is C16H12Br2INO3. The molecule has 1 atom stereocenters. The molecule has 7 heteroatoms. The summed E-state index contributed by atoms with van der Waals surface area (Å²) in [6, 6.07) is 11.6. The Morgan fingerprint density at radius 3 is 2.35 bits per heavy atom. The molecule has 2 N–H and O–H groups in total. The Morgan fingerprint density at radius 1 is 1.13 bits per heavy atom. The molecule has 2 aromatic carbocycles. The third-order valence-corrected chi connectivity index (χ3v) is 4.64. The van der Waals surface area contributed by atoms with Crippen molar-refractivity contribution in [1.29, 1.82) is 0 Å². The first-order valence-electron chi connectivity index (χ1n) is 6.59. The van der Waals surface area contributed by atoms with Gasteiger partial charge in [-0.25, -0.2) is 4.79 Å². The Morgan fingerprint density at radius 2 is 1.78 bits per heavy atom. The number of amides is 1. The maximum atomic E-state index is 12.3. The Hall–Kier alpha value is -0.930. The quantitative estimate of drug-likeness (QED) is 0.545. The van der Waals surface area contributed by atoms with E-state index in [4.69, 9.17) is 0 Å². The second-order valence-corrected chi connectivity index (χ2v) is 7.93. The maximum Gasteiger partial charge on any atom is 0.326 e. The molecule has 0 saturated heterocycles. The summed E-state index contributed by atoms with van der Waals surface area (Å²) in [6.07, 6.45) is 0.229. The molecule has 0 fully saturated rings. The predicted molar refractivity (Wildman–Crippen MR) is 104 cm³/mol. The summed E-state index contributed by atoms with van der Waals surface area (Å²) in [5, 5.41) is 11.9. The van der Waals surface area contributed by atoms with Crippen molar-refractivity contribution in [3.05, 3.63) is 66.1 Å². The van der Waals surface area contributed by atoms with Gasteiger partial charge in [0, 0.05) is 24.5 Å². The van der Waals surface area contributed by atoms with Gasteiger partial charge in [0.15, 0.2) is 0 Å². The zero-order valence-corrected chi connectivity index (χ0v) is 17.1. The van der Waals surface area contributed by atoms with Gasteiger partial charge in [-0.2, -0.15) is 0 Å². The summed E-state index contributed by atoms with van der Waals surface area (Å²) in [5.41, 5.74) is 1.25. The van der Waals surface area contributed by atoms with Gasteiger partial charge in [-0.15, -0.1) is 0 Å². The van der Waals surface area contributed by atoms with E-state index in [1.54, 1.807) is 18.2 Å². The van der Waals surface area contributed by atoms with Crippen LogP contribution in [0.15, 0.2) is 51.4 Å². The van der Waals surface area contributed by atoms with Crippen LogP contribution in [0.25, 0.3) is 0 Å². The van der Waals surface area contributed by atoms with Crippen LogP contribution in [-0.4, -0.2) is 23.0 Å². The van der Waals surface area contributed by atoms with Crippen molar-refractivity contribution in [1.82, 2.24) is 5.32 Å². The van der Waals surface area contributed by atoms with Gasteiger partial charge >= 0.3 is 5.97 Å². The summed E-state index contributed by atoms with van der Waals surface area (Å²) in [5.74, 6) is -1.49. The largest absolute Gasteiger partial charge is 0.480 e. The van der Waals surface area contributed by atoms with Crippen LogP contribution < -0.4 is 5.32 Å². The van der Waals surface area contributed by atoms with Gasteiger partial charge in [0.05, 0.1) is 0 Å². The molecule has 0 aliphatic heterocycles. The second-order valence-electron chi connectivity index (χ2n) is 4.86. The molecule has 0 radical (unpaired) electrons. The number of halogens is 3. The fourth-order valence-electron chi connectivity index (χ4n) is 2.03. The molecule has 0 aliphatic rings. The minimum absolute atomic E-state index is 0.229. The van der Waals surface area contributed by atoms with Crippen molar-refractivity contribution in [2.75, 3.05) is 0 Å². The third kappa shape index (κ3) is 5.58. The monoisotopic (exact) mass is 551 g/mol. The number of hydrogen-bond donors (Lipinski definition) is 2. The summed E-state index contributed by atoms with van der Waals surface area (Å²) in [4.78, 5) is 23.8. The second kappa shape index (κ2) is 8.25. The number of carbonyl (C=O) groups is 2. The highest BCUT2D eigenvalue weighted by Gasteiger charge is 2.21. The maximum absolute atomic E-state index is 12.3. The van der Waals surface area contributed by atoms with Crippen molar-refractivity contribution in [3.63, 3.8) is 0 Å². The smallest absolute Gasteiger partial charge is 0.326 e. The number of nitrogens with one attached hydrogen (secondary N) is 1. The van der Waals surface area contributed by atoms with Crippen molar-refractivity contribution >= 4 is 66.3 Å². The van der Waals surface area contributed by atoms with E-state index >= 15 is 0 Å². The molecule has 1 amide bonds. The minimum atomic E-state index is -1.06. The molecular weight excluding hydrogens is 541 g/mol. The van der Waals surface area contributed by atoms with Crippen molar-refractivity contribution in [3.8, 4) is 0 Å². The lowest BCUT2D eigenvalue weighted by molar-refractivity contribution is -0.139. The van der Waals surface area contributed by atoms with Crippen LogP contribution in [0.2, 0.25) is 0 Å². The molecule has 0 heterocycles. The molecule has 0 spiro atoms. The van der Waals surface area contributed by atoms with Crippen LogP contribution in [0.1, 0.15) is 15.9 Å². The van der Waals surface area contributed by atoms with Crippen LogP contribution in [0.4, 0.5) is 0 Å². The van der Waals surface area contributed by atoms with Crippen molar-refractivity contribution in [2.45, 2.75) is 12.5 Å². The summed E-state index contributed by atoms with van der Waals surface area (Å²) in [7, 11) is 0. The predicted octanol–water partition coefficient (Wildman–Crippen LogP) is 4.24. The van der Waals surface area contributed by atoms with Crippen LogP contribution in [0.5, 0.6) is 0 Å². The SMILES string of the molecule is O=C(N[C@@H](Cc1cccc(I)c1)C(=O)O)c1cc(Br)cc(Br)c1. The molecule has 2 aromatic rings. The van der Waals surface area contributed by atoms with Gasteiger partial charge in [-0.05, 0) is 58.5 Å². The van der Waals surface area contributed by atoms with E-state index in [1.165, 1.54) is 0 Å². The van der Waals surface area contributed by atoms with Crippen LogP contribution in [0.3, 0.4) is 0 Å². The Bertz CT molecular complexity index is 732. The lowest BCUT2D eigenvalue weighted by Crippen LogP contribution is -2.42. The number of carboxylic acids is 1. The topological polar surface area (TPSA) is 66.4 Å². The molecule has 2 rings (SSSR count). The van der Waals surface area contributed by atoms with Crippen LogP contribution in [0, 0.1) is 3.57 Å². The molecule has 23 heavy (non-hydrogen) atoms. The standard InChI is InChI=1S/C16H12Br2INO3/c17-11-6-10(7-12(18)8-11)15(21)20-14(16(22)23)5-9-2-1-3-13(19)4-9/h1-4,6-8,14H,5H2,(H,20,21)(H,22,23)/t14-/m0/s1. The van der Waals surface area contributed by atoms with E-state index in [0.717, 1.165) is 18.1 Å². The average Bonchev–Trinajstić information content (AvgIpc) is 2.45. The van der Waals surface area contributed by atoms with Crippen LogP contribution in [-0.2, 0) is 11.2 Å². The lowest BCUT2D eigenvalue weighted by atomic mass is 10.1. The van der Waals surface area contributed by atoms with Gasteiger partial charge < -0.3 is 10.4 Å². The Balaban J connectivity index is 2.15. The number of hydrogen-bond acceptors (Lipinski definition) is 2. The molecule has 4 nitrogen and oxygen atoms in total. The minimum Gasteiger partial charge on any atom is -0.480 e. The van der Waals surface area contributed by atoms with Crippen molar-refractivity contribution < 1.29 is 14.7 Å². The van der Waals surface area contributed by atoms with Gasteiger partial charge in [-0.1, -0.05) is 44.0 Å². The number of carboxylic acid groups (broad SMARTS) is 1. The first-order valence-corrected chi connectivity index (χ1v) is 9.26. The van der Waals surface area contributed by atoms with E-state index in [0.29, 0.717) is 5.56 Å². The lowest BCUT2D eigenvalue weighted by Gasteiger charge is -2.15. The van der Waals surface area contributed by atoms with Crippen LogP contribution >= 0.6 is 54.5 Å². The number of carbonyl (C=O) groups excluding carboxylic acids is 1. The Labute approximate surface area is 164 Å². The van der Waals surface area contributed by atoms with E-state index < -0.39 is 17.9 Å². The first-order chi connectivity index (χ1) is 10.8. The van der Waals surface area contributed by atoms with E-state index in [2.05, 4.69) is 59.8 Å². The fraction of sp³-hybridized carbons (Fsp3) is 0.125.